The van der Waals surface area contributed by atoms with Gasteiger partial charge in [0.15, 0.2) is 0 Å². The molecule has 0 aliphatic carbocycles. The number of nitrogens with zero attached hydrogens (tertiary/aromatic N) is 2. The lowest BCUT2D eigenvalue weighted by molar-refractivity contribution is 0.164. The maximum Gasteiger partial charge on any atom is 0.315 e. The Hall–Kier alpha value is -1.59. The molecule has 5 heteroatoms. The zero-order valence-electron chi connectivity index (χ0n) is 15.4. The Labute approximate surface area is 151 Å². The van der Waals surface area contributed by atoms with Gasteiger partial charge in [-0.2, -0.15) is 0 Å². The van der Waals surface area contributed by atoms with Crippen LogP contribution in [0.25, 0.3) is 0 Å². The Kier molecular flexibility index (Phi) is 6.70. The Morgan fingerprint density at radius 3 is 2.64 bits per heavy atom. The quantitative estimate of drug-likeness (QED) is 0.862. The van der Waals surface area contributed by atoms with E-state index in [-0.39, 0.29) is 6.03 Å². The molecule has 2 aliphatic rings. The smallest absolute Gasteiger partial charge is 0.315 e. The summed E-state index contributed by atoms with van der Waals surface area (Å²) in [5, 5.41) is 6.24. The second-order valence-corrected chi connectivity index (χ2v) is 7.66. The standard InChI is InChI=1S/C20H32N4O/c1-23-12-9-19(10-13-23)22-20(25)21-14-18-8-5-11-24(16-18)15-17-6-3-2-4-7-17/h2-4,6-7,18-19H,5,8-16H2,1H3,(H2,21,22,25). The lowest BCUT2D eigenvalue weighted by Crippen LogP contribution is -2.49. The average Bonchev–Trinajstić information content (AvgIpc) is 2.63. The van der Waals surface area contributed by atoms with Crippen LogP contribution >= 0.6 is 0 Å². The van der Waals surface area contributed by atoms with Gasteiger partial charge in [-0.1, -0.05) is 30.3 Å². The Morgan fingerprint density at radius 1 is 1.12 bits per heavy atom. The molecule has 0 spiro atoms. The van der Waals surface area contributed by atoms with Gasteiger partial charge in [-0.25, -0.2) is 4.79 Å². The second-order valence-electron chi connectivity index (χ2n) is 7.66. The van der Waals surface area contributed by atoms with E-state index in [2.05, 4.69) is 57.8 Å². The van der Waals surface area contributed by atoms with E-state index in [0.29, 0.717) is 12.0 Å². The van der Waals surface area contributed by atoms with E-state index in [0.717, 1.165) is 52.1 Å². The Bertz CT molecular complexity index is 528. The topological polar surface area (TPSA) is 47.6 Å². The molecule has 3 rings (SSSR count). The summed E-state index contributed by atoms with van der Waals surface area (Å²) in [5.41, 5.74) is 1.37. The minimum Gasteiger partial charge on any atom is -0.338 e. The molecule has 2 saturated heterocycles. The van der Waals surface area contributed by atoms with Crippen molar-refractivity contribution in [3.63, 3.8) is 0 Å². The van der Waals surface area contributed by atoms with Crippen molar-refractivity contribution >= 4 is 6.03 Å². The van der Waals surface area contributed by atoms with Crippen molar-refractivity contribution in [3.8, 4) is 0 Å². The molecule has 138 valence electrons. The summed E-state index contributed by atoms with van der Waals surface area (Å²) >= 11 is 0. The third-order valence-electron chi connectivity index (χ3n) is 5.46. The zero-order chi connectivity index (χ0) is 17.5. The zero-order valence-corrected chi connectivity index (χ0v) is 15.4. The van der Waals surface area contributed by atoms with Crippen LogP contribution in [0, 0.1) is 5.92 Å². The number of carbonyl (C=O) groups is 1. The summed E-state index contributed by atoms with van der Waals surface area (Å²) in [6.07, 6.45) is 4.53. The summed E-state index contributed by atoms with van der Waals surface area (Å²) in [7, 11) is 2.14. The minimum atomic E-state index is 0.00901. The van der Waals surface area contributed by atoms with Gasteiger partial charge < -0.3 is 15.5 Å². The fourth-order valence-electron chi connectivity index (χ4n) is 3.93. The number of urea groups is 1. The van der Waals surface area contributed by atoms with E-state index in [9.17, 15) is 4.79 Å². The molecular formula is C20H32N4O. The number of amides is 2. The molecule has 1 atom stereocenters. The molecular weight excluding hydrogens is 312 g/mol. The SMILES string of the molecule is CN1CCC(NC(=O)NCC2CCCN(Cc3ccccc3)C2)CC1. The Balaban J connectivity index is 1.37. The number of nitrogens with one attached hydrogen (secondary N) is 2. The summed E-state index contributed by atoms with van der Waals surface area (Å²) in [6.45, 7) is 6.17. The van der Waals surface area contributed by atoms with Crippen molar-refractivity contribution in [2.24, 2.45) is 5.92 Å². The van der Waals surface area contributed by atoms with Crippen LogP contribution in [0.4, 0.5) is 4.79 Å². The van der Waals surface area contributed by atoms with Gasteiger partial charge in [0, 0.05) is 25.7 Å². The molecule has 2 amide bonds. The average molecular weight is 345 g/mol. The number of likely N-dealkylation sites (tertiary alicyclic amines) is 2. The van der Waals surface area contributed by atoms with E-state index in [1.54, 1.807) is 0 Å². The van der Waals surface area contributed by atoms with Gasteiger partial charge in [-0.3, -0.25) is 4.90 Å². The van der Waals surface area contributed by atoms with Crippen molar-refractivity contribution in [1.29, 1.82) is 0 Å². The van der Waals surface area contributed by atoms with E-state index < -0.39 is 0 Å². The monoisotopic (exact) mass is 344 g/mol. The molecule has 5 nitrogen and oxygen atoms in total. The molecule has 0 aromatic heterocycles. The maximum atomic E-state index is 12.2. The summed E-state index contributed by atoms with van der Waals surface area (Å²) in [6, 6.07) is 11.0. The van der Waals surface area contributed by atoms with Crippen LogP contribution in [0.1, 0.15) is 31.2 Å². The lowest BCUT2D eigenvalue weighted by Gasteiger charge is -2.33. The van der Waals surface area contributed by atoms with Crippen molar-refractivity contribution in [2.45, 2.75) is 38.3 Å². The van der Waals surface area contributed by atoms with E-state index in [1.165, 1.54) is 18.4 Å². The van der Waals surface area contributed by atoms with Crippen molar-refractivity contribution in [1.82, 2.24) is 20.4 Å². The predicted octanol–water partition coefficient (Wildman–Crippen LogP) is 2.29. The second kappa shape index (κ2) is 9.20. The first-order chi connectivity index (χ1) is 12.2. The Morgan fingerprint density at radius 2 is 1.88 bits per heavy atom. The third kappa shape index (κ3) is 6.01. The number of piperidine rings is 2. The highest BCUT2D eigenvalue weighted by Gasteiger charge is 2.22. The van der Waals surface area contributed by atoms with Crippen molar-refractivity contribution in [2.75, 3.05) is 39.8 Å². The van der Waals surface area contributed by atoms with Crippen molar-refractivity contribution in [3.05, 3.63) is 35.9 Å². The van der Waals surface area contributed by atoms with Gasteiger partial charge in [0.2, 0.25) is 0 Å². The van der Waals surface area contributed by atoms with E-state index in [4.69, 9.17) is 0 Å². The van der Waals surface area contributed by atoms with Crippen LogP contribution in [0.3, 0.4) is 0 Å². The summed E-state index contributed by atoms with van der Waals surface area (Å²) in [5.74, 6) is 0.556. The maximum absolute atomic E-state index is 12.2. The molecule has 25 heavy (non-hydrogen) atoms. The van der Waals surface area contributed by atoms with Gasteiger partial charge in [-0.05, 0) is 63.8 Å². The van der Waals surface area contributed by atoms with Gasteiger partial charge in [-0.15, -0.1) is 0 Å². The van der Waals surface area contributed by atoms with Crippen LogP contribution in [-0.4, -0.2) is 61.6 Å². The third-order valence-corrected chi connectivity index (χ3v) is 5.46. The van der Waals surface area contributed by atoms with Crippen LogP contribution < -0.4 is 10.6 Å². The summed E-state index contributed by atoms with van der Waals surface area (Å²) < 4.78 is 0. The number of benzene rings is 1. The summed E-state index contributed by atoms with van der Waals surface area (Å²) in [4.78, 5) is 17.0. The molecule has 2 heterocycles. The highest BCUT2D eigenvalue weighted by Crippen LogP contribution is 2.18. The lowest BCUT2D eigenvalue weighted by atomic mass is 9.97. The number of carbonyl (C=O) groups excluding carboxylic acids is 1. The molecule has 1 aromatic rings. The van der Waals surface area contributed by atoms with Gasteiger partial charge in [0.1, 0.15) is 0 Å². The minimum absolute atomic E-state index is 0.00901. The normalized spacial score (nSPS) is 23.3. The van der Waals surface area contributed by atoms with Crippen molar-refractivity contribution < 1.29 is 4.79 Å². The number of hydrogen-bond acceptors (Lipinski definition) is 3. The van der Waals surface area contributed by atoms with Crippen LogP contribution in [0.15, 0.2) is 30.3 Å². The molecule has 2 N–H and O–H groups in total. The molecule has 0 saturated carbocycles. The van der Waals surface area contributed by atoms with Crippen LogP contribution in [0.2, 0.25) is 0 Å². The molecule has 2 fully saturated rings. The first kappa shape index (κ1) is 18.2. The van der Waals surface area contributed by atoms with Gasteiger partial charge in [0.25, 0.3) is 0 Å². The highest BCUT2D eigenvalue weighted by molar-refractivity contribution is 5.74. The predicted molar refractivity (Wildman–Crippen MR) is 101 cm³/mol. The fraction of sp³-hybridized carbons (Fsp3) is 0.650. The molecule has 1 unspecified atom stereocenters. The number of hydrogen-bond donors (Lipinski definition) is 2. The number of rotatable bonds is 5. The fourth-order valence-corrected chi connectivity index (χ4v) is 3.93. The molecule has 0 bridgehead atoms. The first-order valence-corrected chi connectivity index (χ1v) is 9.68. The van der Waals surface area contributed by atoms with Gasteiger partial charge >= 0.3 is 6.03 Å². The molecule has 2 aliphatic heterocycles. The van der Waals surface area contributed by atoms with E-state index in [1.807, 2.05) is 0 Å². The first-order valence-electron chi connectivity index (χ1n) is 9.68. The highest BCUT2D eigenvalue weighted by atomic mass is 16.2. The largest absolute Gasteiger partial charge is 0.338 e. The van der Waals surface area contributed by atoms with E-state index >= 15 is 0 Å². The van der Waals surface area contributed by atoms with Crippen LogP contribution in [-0.2, 0) is 6.54 Å². The van der Waals surface area contributed by atoms with Gasteiger partial charge in [0.05, 0.1) is 0 Å². The molecule has 1 aromatic carbocycles. The van der Waals surface area contributed by atoms with Crippen LogP contribution in [0.5, 0.6) is 0 Å². The molecule has 0 radical (unpaired) electrons.